The molecule has 0 radical (unpaired) electrons. The van der Waals surface area contributed by atoms with Crippen LogP contribution in [0, 0.1) is 5.41 Å². The predicted molar refractivity (Wildman–Crippen MR) is 54.4 cm³/mol. The molecule has 1 unspecified atom stereocenters. The van der Waals surface area contributed by atoms with Gasteiger partial charge in [0.1, 0.15) is 11.2 Å². The molecule has 0 heterocycles. The molecule has 15 heavy (non-hydrogen) atoms. The maximum absolute atomic E-state index is 11.8. The molecule has 1 aliphatic carbocycles. The number of Topliss-reactive ketones (excluding diaryl/α,β-unsaturated/α-hetero) is 1. The van der Waals surface area contributed by atoms with Crippen molar-refractivity contribution in [3.05, 3.63) is 0 Å². The zero-order valence-corrected chi connectivity index (χ0v) is 9.38. The molecule has 0 aliphatic heterocycles. The van der Waals surface area contributed by atoms with Gasteiger partial charge < -0.3 is 9.47 Å². The molecule has 0 bridgehead atoms. The van der Waals surface area contributed by atoms with Crippen LogP contribution in [0.1, 0.15) is 32.6 Å². The van der Waals surface area contributed by atoms with Crippen LogP contribution in [0.3, 0.4) is 0 Å². The standard InChI is InChI=1S/C11H18O4/c1-3-15-10(13)11(7-8-14-2)6-4-5-9(11)12/h3-8H2,1-2H3. The summed E-state index contributed by atoms with van der Waals surface area (Å²) in [5, 5.41) is 0. The summed E-state index contributed by atoms with van der Waals surface area (Å²) in [4.78, 5) is 23.5. The van der Waals surface area contributed by atoms with Gasteiger partial charge >= 0.3 is 5.97 Å². The molecular weight excluding hydrogens is 196 g/mol. The van der Waals surface area contributed by atoms with E-state index in [1.165, 1.54) is 0 Å². The first-order chi connectivity index (χ1) is 7.17. The summed E-state index contributed by atoms with van der Waals surface area (Å²) in [6, 6.07) is 0. The molecule has 1 rings (SSSR count). The number of hydrogen-bond acceptors (Lipinski definition) is 4. The van der Waals surface area contributed by atoms with Gasteiger partial charge in [0, 0.05) is 20.1 Å². The summed E-state index contributed by atoms with van der Waals surface area (Å²) in [5.41, 5.74) is -0.911. The lowest BCUT2D eigenvalue weighted by molar-refractivity contribution is -0.159. The van der Waals surface area contributed by atoms with Gasteiger partial charge in [0.2, 0.25) is 0 Å². The molecule has 1 aliphatic rings. The quantitative estimate of drug-likeness (QED) is 0.511. The van der Waals surface area contributed by atoms with E-state index in [1.807, 2.05) is 0 Å². The zero-order chi connectivity index (χ0) is 11.3. The van der Waals surface area contributed by atoms with E-state index < -0.39 is 5.41 Å². The molecule has 86 valence electrons. The van der Waals surface area contributed by atoms with E-state index in [0.717, 1.165) is 6.42 Å². The smallest absolute Gasteiger partial charge is 0.319 e. The zero-order valence-electron chi connectivity index (χ0n) is 9.38. The van der Waals surface area contributed by atoms with Crippen molar-refractivity contribution >= 4 is 11.8 Å². The number of ether oxygens (including phenoxy) is 2. The van der Waals surface area contributed by atoms with Crippen molar-refractivity contribution in [2.24, 2.45) is 5.41 Å². The molecule has 0 aromatic heterocycles. The van der Waals surface area contributed by atoms with Crippen molar-refractivity contribution in [1.29, 1.82) is 0 Å². The van der Waals surface area contributed by atoms with Crippen LogP contribution >= 0.6 is 0 Å². The number of rotatable bonds is 5. The Balaban J connectivity index is 2.76. The summed E-state index contributed by atoms with van der Waals surface area (Å²) in [6.07, 6.45) is 2.32. The van der Waals surface area contributed by atoms with Crippen LogP contribution in [0.4, 0.5) is 0 Å². The van der Waals surface area contributed by atoms with E-state index in [0.29, 0.717) is 32.5 Å². The van der Waals surface area contributed by atoms with E-state index in [-0.39, 0.29) is 11.8 Å². The minimum atomic E-state index is -0.911. The molecule has 0 aromatic rings. The molecule has 4 nitrogen and oxygen atoms in total. The molecule has 0 N–H and O–H groups in total. The van der Waals surface area contributed by atoms with Gasteiger partial charge in [-0.2, -0.15) is 0 Å². The van der Waals surface area contributed by atoms with Crippen LogP contribution < -0.4 is 0 Å². The van der Waals surface area contributed by atoms with Gasteiger partial charge in [0.15, 0.2) is 0 Å². The summed E-state index contributed by atoms with van der Waals surface area (Å²) >= 11 is 0. The van der Waals surface area contributed by atoms with Crippen molar-refractivity contribution in [3.8, 4) is 0 Å². The number of methoxy groups -OCH3 is 1. The van der Waals surface area contributed by atoms with E-state index >= 15 is 0 Å². The van der Waals surface area contributed by atoms with Gasteiger partial charge in [-0.1, -0.05) is 0 Å². The number of carbonyl (C=O) groups is 2. The van der Waals surface area contributed by atoms with Crippen LogP contribution in [-0.2, 0) is 19.1 Å². The maximum Gasteiger partial charge on any atom is 0.319 e. The van der Waals surface area contributed by atoms with Crippen molar-refractivity contribution in [3.63, 3.8) is 0 Å². The van der Waals surface area contributed by atoms with Gasteiger partial charge in [-0.15, -0.1) is 0 Å². The Hall–Kier alpha value is -0.900. The monoisotopic (exact) mass is 214 g/mol. The predicted octanol–water partition coefficient (Wildman–Crippen LogP) is 1.33. The Kier molecular flexibility index (Phi) is 4.27. The Bertz CT molecular complexity index is 249. The fraction of sp³-hybridized carbons (Fsp3) is 0.818. The fourth-order valence-electron chi connectivity index (χ4n) is 2.06. The average Bonchev–Trinajstić information content (AvgIpc) is 2.58. The maximum atomic E-state index is 11.8. The lowest BCUT2D eigenvalue weighted by atomic mass is 9.82. The lowest BCUT2D eigenvalue weighted by Crippen LogP contribution is -2.38. The highest BCUT2D eigenvalue weighted by Crippen LogP contribution is 2.39. The SMILES string of the molecule is CCOC(=O)C1(CCOC)CCCC1=O. The van der Waals surface area contributed by atoms with Crippen LogP contribution in [0.2, 0.25) is 0 Å². The topological polar surface area (TPSA) is 52.6 Å². The van der Waals surface area contributed by atoms with E-state index in [9.17, 15) is 9.59 Å². The first-order valence-electron chi connectivity index (χ1n) is 5.37. The molecule has 0 aromatic carbocycles. The normalized spacial score (nSPS) is 25.6. The van der Waals surface area contributed by atoms with E-state index in [1.54, 1.807) is 14.0 Å². The molecule has 0 saturated heterocycles. The number of esters is 1. The molecule has 4 heteroatoms. The van der Waals surface area contributed by atoms with Gasteiger partial charge in [-0.05, 0) is 26.2 Å². The molecule has 0 amide bonds. The first-order valence-corrected chi connectivity index (χ1v) is 5.37. The second-order valence-electron chi connectivity index (χ2n) is 3.82. The Morgan fingerprint density at radius 3 is 2.73 bits per heavy atom. The Morgan fingerprint density at radius 1 is 1.53 bits per heavy atom. The van der Waals surface area contributed by atoms with Crippen molar-refractivity contribution in [2.75, 3.05) is 20.3 Å². The largest absolute Gasteiger partial charge is 0.465 e. The minimum Gasteiger partial charge on any atom is -0.465 e. The first kappa shape index (κ1) is 12.2. The van der Waals surface area contributed by atoms with Crippen LogP contribution in [0.25, 0.3) is 0 Å². The minimum absolute atomic E-state index is 0.0120. The molecule has 1 fully saturated rings. The molecule has 1 saturated carbocycles. The van der Waals surface area contributed by atoms with Crippen molar-refractivity contribution < 1.29 is 19.1 Å². The number of ketones is 1. The third-order valence-corrected chi connectivity index (χ3v) is 2.94. The van der Waals surface area contributed by atoms with Crippen molar-refractivity contribution in [2.45, 2.75) is 32.6 Å². The van der Waals surface area contributed by atoms with Gasteiger partial charge in [-0.3, -0.25) is 9.59 Å². The van der Waals surface area contributed by atoms with E-state index in [4.69, 9.17) is 9.47 Å². The highest BCUT2D eigenvalue weighted by atomic mass is 16.5. The summed E-state index contributed by atoms with van der Waals surface area (Å²) < 4.78 is 9.93. The highest BCUT2D eigenvalue weighted by molar-refractivity contribution is 6.05. The van der Waals surface area contributed by atoms with Gasteiger partial charge in [-0.25, -0.2) is 0 Å². The van der Waals surface area contributed by atoms with Crippen LogP contribution in [0.5, 0.6) is 0 Å². The molecule has 0 spiro atoms. The van der Waals surface area contributed by atoms with Crippen LogP contribution in [0.15, 0.2) is 0 Å². The van der Waals surface area contributed by atoms with Crippen LogP contribution in [-0.4, -0.2) is 32.1 Å². The van der Waals surface area contributed by atoms with Gasteiger partial charge in [0.25, 0.3) is 0 Å². The molecular formula is C11H18O4. The lowest BCUT2D eigenvalue weighted by Gasteiger charge is -2.24. The number of carbonyl (C=O) groups excluding carboxylic acids is 2. The van der Waals surface area contributed by atoms with Crippen molar-refractivity contribution in [1.82, 2.24) is 0 Å². The summed E-state index contributed by atoms with van der Waals surface area (Å²) in [6.45, 7) is 2.49. The third kappa shape index (κ3) is 2.37. The van der Waals surface area contributed by atoms with E-state index in [2.05, 4.69) is 0 Å². The number of hydrogen-bond donors (Lipinski definition) is 0. The Labute approximate surface area is 89.9 Å². The van der Waals surface area contributed by atoms with Gasteiger partial charge in [0.05, 0.1) is 6.61 Å². The third-order valence-electron chi connectivity index (χ3n) is 2.94. The second-order valence-corrected chi connectivity index (χ2v) is 3.82. The highest BCUT2D eigenvalue weighted by Gasteiger charge is 2.49. The molecule has 1 atom stereocenters. The summed E-state index contributed by atoms with van der Waals surface area (Å²) in [7, 11) is 1.57. The second kappa shape index (κ2) is 5.26. The average molecular weight is 214 g/mol. The Morgan fingerprint density at radius 2 is 2.27 bits per heavy atom. The summed E-state index contributed by atoms with van der Waals surface area (Å²) in [5.74, 6) is -0.359. The fourth-order valence-corrected chi connectivity index (χ4v) is 2.06.